The van der Waals surface area contributed by atoms with Crippen molar-refractivity contribution in [2.24, 2.45) is 0 Å². The normalized spacial score (nSPS) is 10.7. The number of benzene rings is 1. The minimum Gasteiger partial charge on any atom is -0.494 e. The van der Waals surface area contributed by atoms with Gasteiger partial charge in [0.05, 0.1) is 25.0 Å². The highest BCUT2D eigenvalue weighted by atomic mass is 32.2. The van der Waals surface area contributed by atoms with Crippen molar-refractivity contribution in [2.75, 3.05) is 24.8 Å². The average Bonchev–Trinajstić information content (AvgIpc) is 3.31. The van der Waals surface area contributed by atoms with Gasteiger partial charge in [-0.05, 0) is 48.9 Å². The lowest BCUT2D eigenvalue weighted by Gasteiger charge is -2.09. The molecule has 0 spiro atoms. The number of aromatic nitrogens is 4. The zero-order valence-electron chi connectivity index (χ0n) is 17.0. The molecule has 1 amide bonds. The summed E-state index contributed by atoms with van der Waals surface area (Å²) in [5.74, 6) is -0.0446. The van der Waals surface area contributed by atoms with Crippen LogP contribution in [0.3, 0.4) is 0 Å². The van der Waals surface area contributed by atoms with E-state index in [0.29, 0.717) is 27.2 Å². The minimum absolute atomic E-state index is 0.0633. The molecule has 0 fully saturated rings. The van der Waals surface area contributed by atoms with E-state index in [2.05, 4.69) is 20.8 Å². The Kier molecular flexibility index (Phi) is 7.06. The highest BCUT2D eigenvalue weighted by molar-refractivity contribution is 7.99. The summed E-state index contributed by atoms with van der Waals surface area (Å²) in [7, 11) is 1.57. The second-order valence-electron chi connectivity index (χ2n) is 6.09. The lowest BCUT2D eigenvalue weighted by atomic mass is 10.1. The van der Waals surface area contributed by atoms with E-state index in [1.807, 2.05) is 32.0 Å². The molecule has 11 heteroatoms. The molecule has 0 radical (unpaired) electrons. The molecule has 158 valence electrons. The van der Waals surface area contributed by atoms with Crippen molar-refractivity contribution in [3.05, 3.63) is 40.3 Å². The van der Waals surface area contributed by atoms with E-state index in [4.69, 9.17) is 9.47 Å². The number of thioether (sulfide) groups is 1. The third-order valence-electron chi connectivity index (χ3n) is 4.20. The Morgan fingerprint density at radius 3 is 2.77 bits per heavy atom. The molecule has 9 nitrogen and oxygen atoms in total. The lowest BCUT2D eigenvalue weighted by Crippen LogP contribution is -2.17. The molecule has 1 aromatic carbocycles. The molecule has 0 atom stereocenters. The zero-order chi connectivity index (χ0) is 21.7. The van der Waals surface area contributed by atoms with Crippen molar-refractivity contribution >= 4 is 40.0 Å². The quantitative estimate of drug-likeness (QED) is 0.414. The summed E-state index contributed by atoms with van der Waals surface area (Å²) < 4.78 is 12.0. The van der Waals surface area contributed by atoms with E-state index in [0.717, 1.165) is 10.4 Å². The first-order valence-electron chi connectivity index (χ1n) is 9.07. The molecule has 0 saturated heterocycles. The number of amides is 1. The van der Waals surface area contributed by atoms with E-state index in [-0.39, 0.29) is 18.3 Å². The second kappa shape index (κ2) is 9.72. The van der Waals surface area contributed by atoms with E-state index >= 15 is 0 Å². The Balaban J connectivity index is 1.72. The topological polar surface area (TPSA) is 108 Å². The molecular weight excluding hydrogens is 426 g/mol. The smallest absolute Gasteiger partial charge is 0.341 e. The molecule has 0 aliphatic carbocycles. The van der Waals surface area contributed by atoms with E-state index < -0.39 is 5.97 Å². The molecule has 2 heterocycles. The maximum Gasteiger partial charge on any atom is 0.341 e. The van der Waals surface area contributed by atoms with Crippen molar-refractivity contribution in [2.45, 2.75) is 25.9 Å². The van der Waals surface area contributed by atoms with E-state index in [9.17, 15) is 9.59 Å². The number of rotatable bonds is 8. The van der Waals surface area contributed by atoms with Gasteiger partial charge < -0.3 is 14.8 Å². The number of carbonyl (C=O) groups is 2. The molecule has 0 saturated carbocycles. The van der Waals surface area contributed by atoms with Crippen LogP contribution >= 0.6 is 23.1 Å². The first-order valence-corrected chi connectivity index (χ1v) is 10.9. The molecule has 30 heavy (non-hydrogen) atoms. The van der Waals surface area contributed by atoms with Crippen LogP contribution in [0.4, 0.5) is 5.00 Å². The van der Waals surface area contributed by atoms with Crippen molar-refractivity contribution < 1.29 is 19.1 Å². The number of nitrogens with one attached hydrogen (secondary N) is 1. The number of esters is 1. The van der Waals surface area contributed by atoms with Gasteiger partial charge in [-0.2, -0.15) is 4.68 Å². The van der Waals surface area contributed by atoms with Crippen LogP contribution < -0.4 is 10.1 Å². The standard InChI is InChI=1S/C19H21N5O4S2/c1-5-28-18(26)16-11(2)12(3)30-17(16)20-15(25)10-29-19-21-22-23-24(19)13-8-6-7-9-14(13)27-4/h6-9H,5,10H2,1-4H3,(H,20,25). The second-order valence-corrected chi connectivity index (χ2v) is 8.26. The third kappa shape index (κ3) is 4.62. The molecule has 0 aliphatic rings. The minimum atomic E-state index is -0.442. The van der Waals surface area contributed by atoms with Gasteiger partial charge >= 0.3 is 5.97 Å². The summed E-state index contributed by atoms with van der Waals surface area (Å²) in [5.41, 5.74) is 1.88. The summed E-state index contributed by atoms with van der Waals surface area (Å²) in [6, 6.07) is 7.32. The van der Waals surface area contributed by atoms with Gasteiger partial charge in [-0.25, -0.2) is 4.79 Å². The Hall–Kier alpha value is -2.92. The molecule has 2 aromatic heterocycles. The number of hydrogen-bond donors (Lipinski definition) is 1. The Morgan fingerprint density at radius 2 is 2.03 bits per heavy atom. The van der Waals surface area contributed by atoms with Gasteiger partial charge in [-0.3, -0.25) is 4.79 Å². The van der Waals surface area contributed by atoms with Crippen LogP contribution in [0.5, 0.6) is 5.75 Å². The SMILES string of the molecule is CCOC(=O)c1c(NC(=O)CSc2nnnn2-c2ccccc2OC)sc(C)c1C. The molecule has 3 aromatic rings. The largest absolute Gasteiger partial charge is 0.494 e. The van der Waals surface area contributed by atoms with Crippen LogP contribution in [-0.2, 0) is 9.53 Å². The van der Waals surface area contributed by atoms with Gasteiger partial charge in [0.2, 0.25) is 11.1 Å². The zero-order valence-corrected chi connectivity index (χ0v) is 18.6. The van der Waals surface area contributed by atoms with Gasteiger partial charge in [-0.1, -0.05) is 23.9 Å². The maximum atomic E-state index is 12.6. The fourth-order valence-electron chi connectivity index (χ4n) is 2.68. The van der Waals surface area contributed by atoms with Gasteiger partial charge in [0.1, 0.15) is 16.4 Å². The molecule has 1 N–H and O–H groups in total. The Morgan fingerprint density at radius 1 is 1.27 bits per heavy atom. The van der Waals surface area contributed by atoms with Crippen LogP contribution in [0.2, 0.25) is 0 Å². The van der Waals surface area contributed by atoms with E-state index in [1.165, 1.54) is 27.8 Å². The number of tetrazole rings is 1. The Labute approximate surface area is 181 Å². The summed E-state index contributed by atoms with van der Waals surface area (Å²) in [5, 5.41) is 15.4. The number of aryl methyl sites for hydroxylation is 1. The average molecular weight is 448 g/mol. The fourth-order valence-corrected chi connectivity index (χ4v) is 4.43. The van der Waals surface area contributed by atoms with Gasteiger partial charge in [0, 0.05) is 4.88 Å². The van der Waals surface area contributed by atoms with Crippen LogP contribution in [0.25, 0.3) is 5.69 Å². The number of nitrogens with zero attached hydrogens (tertiary/aromatic N) is 4. The van der Waals surface area contributed by atoms with Crippen molar-refractivity contribution in [3.63, 3.8) is 0 Å². The Bertz CT molecular complexity index is 1060. The first-order chi connectivity index (χ1) is 14.5. The summed E-state index contributed by atoms with van der Waals surface area (Å²) in [6.45, 7) is 5.74. The van der Waals surface area contributed by atoms with E-state index in [1.54, 1.807) is 20.1 Å². The van der Waals surface area contributed by atoms with Crippen LogP contribution in [0.15, 0.2) is 29.4 Å². The predicted molar refractivity (Wildman–Crippen MR) is 115 cm³/mol. The lowest BCUT2D eigenvalue weighted by molar-refractivity contribution is -0.113. The van der Waals surface area contributed by atoms with Crippen LogP contribution in [-0.4, -0.2) is 51.6 Å². The number of hydrogen-bond acceptors (Lipinski definition) is 9. The van der Waals surface area contributed by atoms with Gasteiger partial charge in [0.25, 0.3) is 0 Å². The van der Waals surface area contributed by atoms with Crippen LogP contribution in [0.1, 0.15) is 27.7 Å². The number of carbonyl (C=O) groups excluding carboxylic acids is 2. The van der Waals surface area contributed by atoms with Crippen molar-refractivity contribution in [1.82, 2.24) is 20.2 Å². The number of anilines is 1. The molecule has 0 aliphatic heterocycles. The number of thiophene rings is 1. The molecule has 3 rings (SSSR count). The van der Waals surface area contributed by atoms with Crippen molar-refractivity contribution in [3.8, 4) is 11.4 Å². The summed E-state index contributed by atoms with van der Waals surface area (Å²) in [6.07, 6.45) is 0. The number of ether oxygens (including phenoxy) is 2. The summed E-state index contributed by atoms with van der Waals surface area (Å²) >= 11 is 2.53. The van der Waals surface area contributed by atoms with Gasteiger partial charge in [-0.15, -0.1) is 16.4 Å². The number of methoxy groups -OCH3 is 1. The molecule has 0 bridgehead atoms. The predicted octanol–water partition coefficient (Wildman–Crippen LogP) is 3.26. The number of para-hydroxylation sites is 2. The highest BCUT2D eigenvalue weighted by Gasteiger charge is 2.22. The highest BCUT2D eigenvalue weighted by Crippen LogP contribution is 2.33. The first kappa shape index (κ1) is 21.8. The maximum absolute atomic E-state index is 12.6. The van der Waals surface area contributed by atoms with Crippen LogP contribution in [0, 0.1) is 13.8 Å². The third-order valence-corrected chi connectivity index (χ3v) is 6.25. The van der Waals surface area contributed by atoms with Gasteiger partial charge in [0.15, 0.2) is 0 Å². The molecular formula is C19H21N5O4S2. The molecule has 0 unspecified atom stereocenters. The van der Waals surface area contributed by atoms with Crippen molar-refractivity contribution in [1.29, 1.82) is 0 Å². The fraction of sp³-hybridized carbons (Fsp3) is 0.316. The summed E-state index contributed by atoms with van der Waals surface area (Å²) in [4.78, 5) is 25.8. The monoisotopic (exact) mass is 447 g/mol.